The number of hydrogen-bond donors (Lipinski definition) is 1. The maximum Gasteiger partial charge on any atom is 0.133 e. The van der Waals surface area contributed by atoms with Gasteiger partial charge in [-0.05, 0) is 56.0 Å². The first-order valence-electron chi connectivity index (χ1n) is 7.48. The minimum Gasteiger partial charge on any atom is -0.319 e. The highest BCUT2D eigenvalue weighted by Crippen LogP contribution is 2.23. The molecular weight excluding hydrogens is 265 g/mol. The predicted molar refractivity (Wildman–Crippen MR) is 80.7 cm³/mol. The lowest BCUT2D eigenvalue weighted by molar-refractivity contribution is 0.433. The lowest BCUT2D eigenvalue weighted by Gasteiger charge is -2.23. The number of fused-ring (bicyclic) bond motifs is 1. The van der Waals surface area contributed by atoms with Gasteiger partial charge in [-0.15, -0.1) is 0 Å². The molecule has 0 amide bonds. The van der Waals surface area contributed by atoms with Crippen LogP contribution in [0, 0.1) is 11.7 Å². The third-order valence-corrected chi connectivity index (χ3v) is 4.10. The zero-order chi connectivity index (χ0) is 14.7. The van der Waals surface area contributed by atoms with Crippen LogP contribution >= 0.6 is 0 Å². The van der Waals surface area contributed by atoms with Gasteiger partial charge >= 0.3 is 0 Å². The maximum atomic E-state index is 13.7. The van der Waals surface area contributed by atoms with Crippen molar-refractivity contribution >= 4 is 0 Å². The summed E-state index contributed by atoms with van der Waals surface area (Å²) in [6.45, 7) is 1.04. The molecule has 1 aromatic carbocycles. The number of nitrogens with zero attached hydrogens (tertiary/aromatic N) is 2. The summed E-state index contributed by atoms with van der Waals surface area (Å²) in [7, 11) is 1.99. The van der Waals surface area contributed by atoms with Gasteiger partial charge in [0.15, 0.2) is 0 Å². The molecule has 0 saturated carbocycles. The van der Waals surface area contributed by atoms with Crippen molar-refractivity contribution in [2.75, 3.05) is 13.6 Å². The van der Waals surface area contributed by atoms with Crippen molar-refractivity contribution in [3.05, 3.63) is 58.9 Å². The molecule has 1 aliphatic rings. The van der Waals surface area contributed by atoms with Gasteiger partial charge in [-0.25, -0.2) is 14.4 Å². The monoisotopic (exact) mass is 285 g/mol. The Kier molecular flexibility index (Phi) is 4.25. The molecule has 0 radical (unpaired) electrons. The molecule has 1 unspecified atom stereocenters. The van der Waals surface area contributed by atoms with Crippen molar-refractivity contribution in [1.82, 2.24) is 15.3 Å². The molecule has 21 heavy (non-hydrogen) atoms. The summed E-state index contributed by atoms with van der Waals surface area (Å²) >= 11 is 0. The largest absolute Gasteiger partial charge is 0.319 e. The van der Waals surface area contributed by atoms with E-state index in [9.17, 15) is 4.39 Å². The fourth-order valence-electron chi connectivity index (χ4n) is 2.98. The second-order valence-electron chi connectivity index (χ2n) is 5.69. The van der Waals surface area contributed by atoms with Crippen molar-refractivity contribution in [2.24, 2.45) is 5.92 Å². The second kappa shape index (κ2) is 6.31. The zero-order valence-electron chi connectivity index (χ0n) is 12.3. The van der Waals surface area contributed by atoms with Crippen molar-refractivity contribution in [2.45, 2.75) is 25.7 Å². The lowest BCUT2D eigenvalue weighted by Crippen LogP contribution is -2.25. The third kappa shape index (κ3) is 3.27. The van der Waals surface area contributed by atoms with Crippen LogP contribution in [-0.2, 0) is 19.3 Å². The topological polar surface area (TPSA) is 37.8 Å². The van der Waals surface area contributed by atoms with E-state index in [0.29, 0.717) is 23.7 Å². The van der Waals surface area contributed by atoms with Gasteiger partial charge in [0.2, 0.25) is 0 Å². The SMILES string of the molecule is CNCC1CCc2nc(Cc3ccccc3F)ncc2C1. The Labute approximate surface area is 124 Å². The van der Waals surface area contributed by atoms with E-state index in [-0.39, 0.29) is 5.82 Å². The molecule has 2 aromatic rings. The molecule has 1 N–H and O–H groups in total. The van der Waals surface area contributed by atoms with E-state index < -0.39 is 0 Å². The molecule has 0 bridgehead atoms. The predicted octanol–water partition coefficient (Wildman–Crippen LogP) is 2.53. The molecule has 1 aliphatic carbocycles. The number of aryl methyl sites for hydroxylation is 1. The first-order chi connectivity index (χ1) is 10.3. The normalized spacial score (nSPS) is 17.5. The summed E-state index contributed by atoms with van der Waals surface area (Å²) < 4.78 is 13.7. The van der Waals surface area contributed by atoms with Gasteiger partial charge in [-0.3, -0.25) is 0 Å². The molecule has 110 valence electrons. The zero-order valence-corrected chi connectivity index (χ0v) is 12.3. The van der Waals surface area contributed by atoms with Crippen LogP contribution in [0.2, 0.25) is 0 Å². The van der Waals surface area contributed by atoms with Crippen LogP contribution in [0.5, 0.6) is 0 Å². The minimum atomic E-state index is -0.187. The molecule has 1 atom stereocenters. The van der Waals surface area contributed by atoms with Crippen molar-refractivity contribution in [1.29, 1.82) is 0 Å². The van der Waals surface area contributed by atoms with Gasteiger partial charge in [0.25, 0.3) is 0 Å². The molecule has 0 aliphatic heterocycles. The smallest absolute Gasteiger partial charge is 0.133 e. The first-order valence-corrected chi connectivity index (χ1v) is 7.48. The number of nitrogens with one attached hydrogen (secondary N) is 1. The molecule has 1 aromatic heterocycles. The Bertz CT molecular complexity index is 627. The summed E-state index contributed by atoms with van der Waals surface area (Å²) in [5.41, 5.74) is 3.05. The highest BCUT2D eigenvalue weighted by atomic mass is 19.1. The van der Waals surface area contributed by atoms with Crippen LogP contribution in [0.1, 0.15) is 29.1 Å². The summed E-state index contributed by atoms with van der Waals surface area (Å²) in [6.07, 6.45) is 5.58. The number of benzene rings is 1. The standard InChI is InChI=1S/C17H20FN3/c1-19-10-12-6-7-16-14(8-12)11-20-17(21-16)9-13-4-2-3-5-15(13)18/h2-5,11-12,19H,6-10H2,1H3. The van der Waals surface area contributed by atoms with E-state index >= 15 is 0 Å². The molecule has 0 spiro atoms. The average molecular weight is 285 g/mol. The van der Waals surface area contributed by atoms with Crippen LogP contribution in [0.15, 0.2) is 30.5 Å². The molecule has 1 heterocycles. The number of halogens is 1. The van der Waals surface area contributed by atoms with E-state index in [2.05, 4.69) is 15.3 Å². The molecule has 3 nitrogen and oxygen atoms in total. The fourth-order valence-corrected chi connectivity index (χ4v) is 2.98. The van der Waals surface area contributed by atoms with Crippen LogP contribution < -0.4 is 5.32 Å². The average Bonchev–Trinajstić information content (AvgIpc) is 2.50. The van der Waals surface area contributed by atoms with Gasteiger partial charge in [0.1, 0.15) is 11.6 Å². The number of aromatic nitrogens is 2. The molecule has 0 saturated heterocycles. The van der Waals surface area contributed by atoms with Crippen LogP contribution in [0.25, 0.3) is 0 Å². The van der Waals surface area contributed by atoms with Crippen molar-refractivity contribution in [3.63, 3.8) is 0 Å². The molecule has 3 rings (SSSR count). The minimum absolute atomic E-state index is 0.187. The molecule has 0 fully saturated rings. The highest BCUT2D eigenvalue weighted by molar-refractivity contribution is 5.25. The van der Waals surface area contributed by atoms with E-state index in [1.54, 1.807) is 12.1 Å². The molecule has 4 heteroatoms. The Morgan fingerprint density at radius 3 is 3.00 bits per heavy atom. The summed E-state index contributed by atoms with van der Waals surface area (Å²) in [6, 6.07) is 6.82. The van der Waals surface area contributed by atoms with E-state index in [0.717, 1.165) is 31.5 Å². The van der Waals surface area contributed by atoms with Gasteiger partial charge in [0.05, 0.1) is 0 Å². The Hall–Kier alpha value is -1.81. The summed E-state index contributed by atoms with van der Waals surface area (Å²) in [5, 5.41) is 3.24. The fraction of sp³-hybridized carbons (Fsp3) is 0.412. The van der Waals surface area contributed by atoms with E-state index in [4.69, 9.17) is 0 Å². The van der Waals surface area contributed by atoms with Gasteiger partial charge < -0.3 is 5.32 Å². The van der Waals surface area contributed by atoms with Gasteiger partial charge in [-0.1, -0.05) is 18.2 Å². The quantitative estimate of drug-likeness (QED) is 0.938. The Balaban J connectivity index is 1.77. The number of rotatable bonds is 4. The first kappa shape index (κ1) is 14.1. The van der Waals surface area contributed by atoms with Gasteiger partial charge in [0, 0.05) is 18.3 Å². The van der Waals surface area contributed by atoms with E-state index in [1.165, 1.54) is 11.6 Å². The van der Waals surface area contributed by atoms with Crippen LogP contribution in [0.3, 0.4) is 0 Å². The van der Waals surface area contributed by atoms with Gasteiger partial charge in [-0.2, -0.15) is 0 Å². The Morgan fingerprint density at radius 1 is 1.33 bits per heavy atom. The summed E-state index contributed by atoms with van der Waals surface area (Å²) in [4.78, 5) is 9.07. The van der Waals surface area contributed by atoms with Crippen molar-refractivity contribution < 1.29 is 4.39 Å². The number of hydrogen-bond acceptors (Lipinski definition) is 3. The van der Waals surface area contributed by atoms with E-state index in [1.807, 2.05) is 19.3 Å². The van der Waals surface area contributed by atoms with Crippen LogP contribution in [-0.4, -0.2) is 23.6 Å². The lowest BCUT2D eigenvalue weighted by atomic mass is 9.87. The maximum absolute atomic E-state index is 13.7. The highest BCUT2D eigenvalue weighted by Gasteiger charge is 2.20. The molecular formula is C17H20FN3. The van der Waals surface area contributed by atoms with Crippen molar-refractivity contribution in [3.8, 4) is 0 Å². The summed E-state index contributed by atoms with van der Waals surface area (Å²) in [5.74, 6) is 1.20. The Morgan fingerprint density at radius 2 is 2.19 bits per heavy atom. The third-order valence-electron chi connectivity index (χ3n) is 4.10. The van der Waals surface area contributed by atoms with Crippen LogP contribution in [0.4, 0.5) is 4.39 Å². The second-order valence-corrected chi connectivity index (χ2v) is 5.69.